The zero-order chi connectivity index (χ0) is 14.4. The van der Waals surface area contributed by atoms with E-state index in [1.165, 1.54) is 45.1 Å². The van der Waals surface area contributed by atoms with Crippen LogP contribution in [0.3, 0.4) is 0 Å². The molecule has 0 radical (unpaired) electrons. The van der Waals surface area contributed by atoms with E-state index in [4.69, 9.17) is 5.73 Å². The number of nitrogens with two attached hydrogens (primary N) is 1. The molecule has 114 valence electrons. The fourth-order valence-electron chi connectivity index (χ4n) is 3.74. The van der Waals surface area contributed by atoms with E-state index in [0.29, 0.717) is 18.1 Å². The van der Waals surface area contributed by atoms with Gasteiger partial charge < -0.3 is 5.73 Å². The van der Waals surface area contributed by atoms with Gasteiger partial charge in [-0.15, -0.1) is 0 Å². The van der Waals surface area contributed by atoms with Crippen molar-refractivity contribution < 1.29 is 0 Å². The van der Waals surface area contributed by atoms with Crippen LogP contribution in [-0.4, -0.2) is 29.6 Å². The highest BCUT2D eigenvalue weighted by atomic mass is 15.2. The molecule has 0 aromatic heterocycles. The van der Waals surface area contributed by atoms with Crippen LogP contribution >= 0.6 is 0 Å². The van der Waals surface area contributed by atoms with E-state index in [0.717, 1.165) is 11.8 Å². The molecule has 1 fully saturated rings. The van der Waals surface area contributed by atoms with Crippen LogP contribution in [0.25, 0.3) is 0 Å². The summed E-state index contributed by atoms with van der Waals surface area (Å²) in [6.45, 7) is 12.9. The normalized spacial score (nSPS) is 28.6. The molecule has 0 bridgehead atoms. The fourth-order valence-corrected chi connectivity index (χ4v) is 3.74. The molecule has 0 saturated heterocycles. The zero-order valence-corrected chi connectivity index (χ0v) is 13.9. The van der Waals surface area contributed by atoms with E-state index in [-0.39, 0.29) is 0 Å². The first-order chi connectivity index (χ1) is 9.03. The molecule has 0 aromatic rings. The highest BCUT2D eigenvalue weighted by molar-refractivity contribution is 4.91. The number of nitrogens with zero attached hydrogens (tertiary/aromatic N) is 1. The molecule has 1 saturated carbocycles. The van der Waals surface area contributed by atoms with Gasteiger partial charge in [-0.25, -0.2) is 0 Å². The van der Waals surface area contributed by atoms with Gasteiger partial charge >= 0.3 is 0 Å². The van der Waals surface area contributed by atoms with E-state index in [2.05, 4.69) is 39.5 Å². The Labute approximate surface area is 121 Å². The third-order valence-electron chi connectivity index (χ3n) is 4.97. The molecule has 2 nitrogen and oxygen atoms in total. The molecular weight excluding hydrogens is 232 g/mol. The van der Waals surface area contributed by atoms with E-state index < -0.39 is 0 Å². The summed E-state index contributed by atoms with van der Waals surface area (Å²) in [5.74, 6) is 1.63. The monoisotopic (exact) mass is 268 g/mol. The standard InChI is InChI=1S/C17H36N2/c1-6-14-9-10-16(18)17(11-14)19(12-13(4)5)15(7-2)8-3/h13-17H,6-12,18H2,1-5H3. The molecule has 3 unspecified atom stereocenters. The number of hydrogen-bond donors (Lipinski definition) is 1. The van der Waals surface area contributed by atoms with E-state index >= 15 is 0 Å². The van der Waals surface area contributed by atoms with Crippen molar-refractivity contribution in [3.05, 3.63) is 0 Å². The quantitative estimate of drug-likeness (QED) is 0.755. The summed E-state index contributed by atoms with van der Waals surface area (Å²) in [5, 5.41) is 0. The van der Waals surface area contributed by atoms with Gasteiger partial charge in [-0.3, -0.25) is 4.90 Å². The average molecular weight is 268 g/mol. The second-order valence-corrected chi connectivity index (χ2v) is 6.88. The van der Waals surface area contributed by atoms with Crippen LogP contribution < -0.4 is 5.73 Å². The first-order valence-electron chi connectivity index (χ1n) is 8.54. The first kappa shape index (κ1) is 17.0. The molecule has 19 heavy (non-hydrogen) atoms. The van der Waals surface area contributed by atoms with Crippen molar-refractivity contribution in [3.63, 3.8) is 0 Å². The van der Waals surface area contributed by atoms with Crippen molar-refractivity contribution in [1.29, 1.82) is 0 Å². The predicted molar refractivity (Wildman–Crippen MR) is 85.3 cm³/mol. The van der Waals surface area contributed by atoms with Crippen LogP contribution in [0.4, 0.5) is 0 Å². The second-order valence-electron chi connectivity index (χ2n) is 6.88. The molecule has 1 rings (SSSR count). The van der Waals surface area contributed by atoms with E-state index in [1.807, 2.05) is 0 Å². The summed E-state index contributed by atoms with van der Waals surface area (Å²) in [6.07, 6.45) is 7.71. The van der Waals surface area contributed by atoms with Crippen LogP contribution in [0, 0.1) is 11.8 Å². The number of rotatable bonds is 7. The van der Waals surface area contributed by atoms with Crippen molar-refractivity contribution >= 4 is 0 Å². The van der Waals surface area contributed by atoms with Gasteiger partial charge in [0.1, 0.15) is 0 Å². The van der Waals surface area contributed by atoms with E-state index in [9.17, 15) is 0 Å². The van der Waals surface area contributed by atoms with Crippen LogP contribution in [0.2, 0.25) is 0 Å². The Morgan fingerprint density at radius 3 is 2.21 bits per heavy atom. The minimum absolute atomic E-state index is 0.391. The van der Waals surface area contributed by atoms with Gasteiger partial charge in [0, 0.05) is 24.7 Å². The molecule has 0 aromatic carbocycles. The van der Waals surface area contributed by atoms with Gasteiger partial charge in [-0.1, -0.05) is 41.0 Å². The minimum Gasteiger partial charge on any atom is -0.326 e. The van der Waals surface area contributed by atoms with Gasteiger partial charge in [0.05, 0.1) is 0 Å². The maximum Gasteiger partial charge on any atom is 0.0252 e. The van der Waals surface area contributed by atoms with Gasteiger partial charge in [-0.2, -0.15) is 0 Å². The molecular formula is C17H36N2. The lowest BCUT2D eigenvalue weighted by Gasteiger charge is -2.45. The first-order valence-corrected chi connectivity index (χ1v) is 8.54. The lowest BCUT2D eigenvalue weighted by molar-refractivity contribution is 0.0553. The van der Waals surface area contributed by atoms with Crippen molar-refractivity contribution in [2.24, 2.45) is 17.6 Å². The Morgan fingerprint density at radius 2 is 1.74 bits per heavy atom. The highest BCUT2D eigenvalue weighted by Gasteiger charge is 2.34. The molecule has 0 aliphatic heterocycles. The molecule has 2 N–H and O–H groups in total. The Kier molecular flexibility index (Phi) is 7.38. The Hall–Kier alpha value is -0.0800. The third kappa shape index (κ3) is 4.75. The van der Waals surface area contributed by atoms with Crippen molar-refractivity contribution in [2.45, 2.75) is 91.3 Å². The molecule has 0 amide bonds. The molecule has 0 spiro atoms. The van der Waals surface area contributed by atoms with Gasteiger partial charge in [0.2, 0.25) is 0 Å². The molecule has 0 heterocycles. The van der Waals surface area contributed by atoms with Crippen LogP contribution in [-0.2, 0) is 0 Å². The molecule has 3 atom stereocenters. The summed E-state index contributed by atoms with van der Waals surface area (Å²) >= 11 is 0. The maximum atomic E-state index is 6.48. The number of hydrogen-bond acceptors (Lipinski definition) is 2. The summed E-state index contributed by atoms with van der Waals surface area (Å²) in [5.41, 5.74) is 6.48. The predicted octanol–water partition coefficient (Wildman–Crippen LogP) is 4.04. The summed E-state index contributed by atoms with van der Waals surface area (Å²) in [7, 11) is 0. The van der Waals surface area contributed by atoms with Gasteiger partial charge in [0.15, 0.2) is 0 Å². The van der Waals surface area contributed by atoms with Crippen molar-refractivity contribution in [1.82, 2.24) is 4.90 Å². The summed E-state index contributed by atoms with van der Waals surface area (Å²) in [4.78, 5) is 2.76. The maximum absolute atomic E-state index is 6.48. The SMILES string of the molecule is CCC1CCC(N)C(N(CC(C)C)C(CC)CC)C1. The van der Waals surface area contributed by atoms with E-state index in [1.54, 1.807) is 0 Å². The molecule has 2 heteroatoms. The topological polar surface area (TPSA) is 29.3 Å². The Morgan fingerprint density at radius 1 is 1.11 bits per heavy atom. The lowest BCUT2D eigenvalue weighted by atomic mass is 9.79. The van der Waals surface area contributed by atoms with Crippen LogP contribution in [0.5, 0.6) is 0 Å². The fraction of sp³-hybridized carbons (Fsp3) is 1.00. The van der Waals surface area contributed by atoms with Crippen molar-refractivity contribution in [3.8, 4) is 0 Å². The molecule has 1 aliphatic rings. The minimum atomic E-state index is 0.391. The average Bonchev–Trinajstić information content (AvgIpc) is 2.39. The second kappa shape index (κ2) is 8.26. The smallest absolute Gasteiger partial charge is 0.0252 e. The molecule has 1 aliphatic carbocycles. The van der Waals surface area contributed by atoms with Crippen molar-refractivity contribution in [2.75, 3.05) is 6.54 Å². The van der Waals surface area contributed by atoms with Crippen LogP contribution in [0.15, 0.2) is 0 Å². The summed E-state index contributed by atoms with van der Waals surface area (Å²) in [6, 6.07) is 1.72. The van der Waals surface area contributed by atoms with Gasteiger partial charge in [0.25, 0.3) is 0 Å². The zero-order valence-electron chi connectivity index (χ0n) is 13.9. The van der Waals surface area contributed by atoms with Gasteiger partial charge in [-0.05, 0) is 43.9 Å². The summed E-state index contributed by atoms with van der Waals surface area (Å²) < 4.78 is 0. The lowest BCUT2D eigenvalue weighted by Crippen LogP contribution is -2.55. The third-order valence-corrected chi connectivity index (χ3v) is 4.97. The Balaban J connectivity index is 2.81. The van der Waals surface area contributed by atoms with Crippen LogP contribution in [0.1, 0.15) is 73.1 Å². The largest absolute Gasteiger partial charge is 0.326 e. The Bertz CT molecular complexity index is 235. The highest BCUT2D eigenvalue weighted by Crippen LogP contribution is 2.31.